The van der Waals surface area contributed by atoms with Crippen molar-refractivity contribution in [1.29, 1.82) is 0 Å². The summed E-state index contributed by atoms with van der Waals surface area (Å²) in [5, 5.41) is 7.50. The lowest BCUT2D eigenvalue weighted by molar-refractivity contribution is 0.0985. The van der Waals surface area contributed by atoms with Crippen molar-refractivity contribution in [2.45, 2.75) is 13.3 Å². The Morgan fingerprint density at radius 2 is 1.70 bits per heavy atom. The number of amides is 1. The number of hydrogen-bond donors (Lipinski definition) is 0. The Kier molecular flexibility index (Phi) is 7.23. The van der Waals surface area contributed by atoms with E-state index in [2.05, 4.69) is 10.00 Å². The maximum atomic E-state index is 13.8. The quantitative estimate of drug-likeness (QED) is 0.332. The van der Waals surface area contributed by atoms with Crippen LogP contribution in [-0.2, 0) is 0 Å². The number of nitrogens with zero attached hydrogens (tertiary/aromatic N) is 5. The number of para-hydroxylation sites is 1. The molecule has 0 unspecified atom stereocenters. The zero-order chi connectivity index (χ0) is 23.4. The molecule has 8 heteroatoms. The Balaban J connectivity index is 1.69. The first-order chi connectivity index (χ1) is 16.0. The van der Waals surface area contributed by atoms with Crippen LogP contribution in [0.3, 0.4) is 0 Å². The van der Waals surface area contributed by atoms with Gasteiger partial charge in [0.15, 0.2) is 5.13 Å². The average molecular weight is 480 g/mol. The summed E-state index contributed by atoms with van der Waals surface area (Å²) in [5.74, 6) is -0.188. The molecular weight excluding hydrogens is 454 g/mol. The molecular formula is C25H26ClN5OS. The second kappa shape index (κ2) is 10.3. The summed E-state index contributed by atoms with van der Waals surface area (Å²) >= 11 is 8.16. The predicted octanol–water partition coefficient (Wildman–Crippen LogP) is 5.56. The van der Waals surface area contributed by atoms with E-state index in [4.69, 9.17) is 16.6 Å². The zero-order valence-corrected chi connectivity index (χ0v) is 20.5. The average Bonchev–Trinajstić information content (AvgIpc) is 3.42. The molecule has 0 saturated heterocycles. The fraction of sp³-hybridized carbons (Fsp3) is 0.240. The van der Waals surface area contributed by atoms with Crippen LogP contribution in [-0.4, -0.2) is 52.8 Å². The molecule has 0 aliphatic heterocycles. The number of carbonyl (C=O) groups is 1. The van der Waals surface area contributed by atoms with Gasteiger partial charge in [-0.2, -0.15) is 5.10 Å². The van der Waals surface area contributed by atoms with Gasteiger partial charge in [-0.1, -0.05) is 60.1 Å². The van der Waals surface area contributed by atoms with Crippen LogP contribution in [0.4, 0.5) is 5.13 Å². The molecule has 0 fully saturated rings. The molecule has 2 aromatic carbocycles. The van der Waals surface area contributed by atoms with Crippen molar-refractivity contribution in [3.63, 3.8) is 0 Å². The largest absolute Gasteiger partial charge is 0.309 e. The second-order valence-corrected chi connectivity index (χ2v) is 9.19. The summed E-state index contributed by atoms with van der Waals surface area (Å²) in [6.07, 6.45) is 0.808. The molecule has 2 aromatic heterocycles. The van der Waals surface area contributed by atoms with Crippen molar-refractivity contribution in [1.82, 2.24) is 19.7 Å². The third kappa shape index (κ3) is 5.16. The Labute approximate surface area is 203 Å². The normalized spacial score (nSPS) is 11.2. The van der Waals surface area contributed by atoms with Crippen molar-refractivity contribution < 1.29 is 4.79 Å². The third-order valence-corrected chi connectivity index (χ3v) is 6.46. The van der Waals surface area contributed by atoms with Gasteiger partial charge in [-0.05, 0) is 46.1 Å². The van der Waals surface area contributed by atoms with E-state index in [0.29, 0.717) is 28.1 Å². The number of rotatable bonds is 8. The van der Waals surface area contributed by atoms with Crippen molar-refractivity contribution in [2.75, 3.05) is 32.1 Å². The maximum Gasteiger partial charge on any atom is 0.265 e. The molecule has 4 rings (SSSR count). The number of halogens is 1. The Hall–Kier alpha value is -3.00. The molecule has 2 heterocycles. The minimum absolute atomic E-state index is 0.188. The third-order valence-electron chi connectivity index (χ3n) is 5.24. The van der Waals surface area contributed by atoms with Crippen LogP contribution in [0.1, 0.15) is 22.5 Å². The topological polar surface area (TPSA) is 54.3 Å². The first-order valence-electron chi connectivity index (χ1n) is 10.7. The van der Waals surface area contributed by atoms with E-state index < -0.39 is 0 Å². The van der Waals surface area contributed by atoms with Crippen molar-refractivity contribution >= 4 is 34.0 Å². The number of anilines is 1. The summed E-state index contributed by atoms with van der Waals surface area (Å²) in [7, 11) is 4.04. The molecule has 1 amide bonds. The lowest BCUT2D eigenvalue weighted by atomic mass is 10.2. The van der Waals surface area contributed by atoms with Gasteiger partial charge in [-0.15, -0.1) is 11.3 Å². The standard InChI is InChI=1S/C25H26ClN5OS/c1-18-22(23(26)31(28-18)20-13-8-5-9-14-20)24(32)30(16-10-15-29(2)3)25-27-21(17-33-25)19-11-6-4-7-12-19/h4-9,11-14,17H,10,15-16H2,1-3H3. The molecule has 4 aromatic rings. The molecule has 0 aliphatic carbocycles. The van der Waals surface area contributed by atoms with E-state index in [1.807, 2.05) is 87.1 Å². The number of hydrogen-bond acceptors (Lipinski definition) is 5. The fourth-order valence-corrected chi connectivity index (χ4v) is 4.79. The van der Waals surface area contributed by atoms with E-state index in [9.17, 15) is 4.79 Å². The minimum atomic E-state index is -0.188. The molecule has 0 spiro atoms. The van der Waals surface area contributed by atoms with E-state index in [1.54, 1.807) is 9.58 Å². The Morgan fingerprint density at radius 3 is 2.36 bits per heavy atom. The molecule has 170 valence electrons. The van der Waals surface area contributed by atoms with E-state index in [0.717, 1.165) is 29.9 Å². The highest BCUT2D eigenvalue weighted by Crippen LogP contribution is 2.31. The van der Waals surface area contributed by atoms with E-state index in [1.165, 1.54) is 11.3 Å². The molecule has 0 saturated carbocycles. The molecule has 0 N–H and O–H groups in total. The summed E-state index contributed by atoms with van der Waals surface area (Å²) in [6.45, 7) is 3.20. The van der Waals surface area contributed by atoms with Gasteiger partial charge >= 0.3 is 0 Å². The van der Waals surface area contributed by atoms with Crippen LogP contribution >= 0.6 is 22.9 Å². The van der Waals surface area contributed by atoms with Gasteiger partial charge in [-0.25, -0.2) is 9.67 Å². The molecule has 0 radical (unpaired) electrons. The summed E-state index contributed by atoms with van der Waals surface area (Å²) in [4.78, 5) is 22.4. The highest BCUT2D eigenvalue weighted by atomic mass is 35.5. The van der Waals surface area contributed by atoms with Gasteiger partial charge in [0.2, 0.25) is 0 Å². The Morgan fingerprint density at radius 1 is 1.03 bits per heavy atom. The predicted molar refractivity (Wildman–Crippen MR) is 136 cm³/mol. The fourth-order valence-electron chi connectivity index (χ4n) is 3.58. The highest BCUT2D eigenvalue weighted by Gasteiger charge is 2.28. The number of benzene rings is 2. The number of aryl methyl sites for hydroxylation is 1. The summed E-state index contributed by atoms with van der Waals surface area (Å²) in [5.41, 5.74) is 3.67. The van der Waals surface area contributed by atoms with Gasteiger partial charge in [-0.3, -0.25) is 9.69 Å². The summed E-state index contributed by atoms with van der Waals surface area (Å²) < 4.78 is 1.61. The van der Waals surface area contributed by atoms with E-state index >= 15 is 0 Å². The van der Waals surface area contributed by atoms with Crippen molar-refractivity contribution in [3.8, 4) is 16.9 Å². The lowest BCUT2D eigenvalue weighted by Crippen LogP contribution is -2.34. The summed E-state index contributed by atoms with van der Waals surface area (Å²) in [6, 6.07) is 19.6. The first-order valence-corrected chi connectivity index (χ1v) is 12.0. The highest BCUT2D eigenvalue weighted by molar-refractivity contribution is 7.14. The maximum absolute atomic E-state index is 13.8. The number of thiazole rings is 1. The van der Waals surface area contributed by atoms with Gasteiger partial charge < -0.3 is 4.90 Å². The van der Waals surface area contributed by atoms with Crippen LogP contribution in [0, 0.1) is 6.92 Å². The monoisotopic (exact) mass is 479 g/mol. The van der Waals surface area contributed by atoms with Crippen LogP contribution in [0.5, 0.6) is 0 Å². The van der Waals surface area contributed by atoms with Gasteiger partial charge in [0.05, 0.1) is 17.1 Å². The van der Waals surface area contributed by atoms with Crippen LogP contribution in [0.2, 0.25) is 5.15 Å². The molecule has 6 nitrogen and oxygen atoms in total. The SMILES string of the molecule is Cc1nn(-c2ccccc2)c(Cl)c1C(=O)N(CCCN(C)C)c1nc(-c2ccccc2)cs1. The van der Waals surface area contributed by atoms with Gasteiger partial charge in [0.1, 0.15) is 10.7 Å². The molecule has 0 bridgehead atoms. The van der Waals surface area contributed by atoms with Crippen LogP contribution in [0.15, 0.2) is 66.0 Å². The molecule has 0 aliphatic rings. The minimum Gasteiger partial charge on any atom is -0.309 e. The van der Waals surface area contributed by atoms with E-state index in [-0.39, 0.29) is 5.91 Å². The zero-order valence-electron chi connectivity index (χ0n) is 18.9. The molecule has 33 heavy (non-hydrogen) atoms. The van der Waals surface area contributed by atoms with Gasteiger partial charge in [0, 0.05) is 17.5 Å². The lowest BCUT2D eigenvalue weighted by Gasteiger charge is -2.21. The van der Waals surface area contributed by atoms with Crippen molar-refractivity contribution in [2.24, 2.45) is 0 Å². The number of carbonyl (C=O) groups excluding carboxylic acids is 1. The second-order valence-electron chi connectivity index (χ2n) is 7.99. The van der Waals surface area contributed by atoms with Crippen LogP contribution < -0.4 is 4.90 Å². The smallest absolute Gasteiger partial charge is 0.265 e. The number of aromatic nitrogens is 3. The van der Waals surface area contributed by atoms with Gasteiger partial charge in [0.25, 0.3) is 5.91 Å². The Bertz CT molecular complexity index is 1220. The van der Waals surface area contributed by atoms with Crippen LogP contribution in [0.25, 0.3) is 16.9 Å². The molecule has 0 atom stereocenters. The van der Waals surface area contributed by atoms with Crippen molar-refractivity contribution in [3.05, 3.63) is 82.5 Å². The first kappa shape index (κ1) is 23.2.